The van der Waals surface area contributed by atoms with Crippen LogP contribution in [0.4, 0.5) is 3.89 Å². The molecule has 12 heteroatoms. The summed E-state index contributed by atoms with van der Waals surface area (Å²) in [5.41, 5.74) is 3.13. The first-order valence-corrected chi connectivity index (χ1v) is 13.5. The van der Waals surface area contributed by atoms with Gasteiger partial charge in [0, 0.05) is 28.4 Å². The molecule has 0 bridgehead atoms. The lowest BCUT2D eigenvalue weighted by Gasteiger charge is -2.14. The molecule has 0 saturated carbocycles. The number of rotatable bonds is 3. The van der Waals surface area contributed by atoms with Crippen molar-refractivity contribution in [2.75, 3.05) is 0 Å². The zero-order valence-corrected chi connectivity index (χ0v) is 21.0. The predicted molar refractivity (Wildman–Crippen MR) is 127 cm³/mol. The van der Waals surface area contributed by atoms with E-state index < -0.39 is 25.5 Å². The zero-order valence-electron chi connectivity index (χ0n) is 18.7. The molecule has 4 rings (SSSR count). The molecule has 0 saturated heterocycles. The van der Waals surface area contributed by atoms with Crippen LogP contribution in [0, 0.1) is 13.8 Å². The Hall–Kier alpha value is -3.12. The monoisotopic (exact) mass is 539 g/mol. The minimum atomic E-state index is -5.42. The first-order valence-electron chi connectivity index (χ1n) is 9.92. The molecular weight excluding hydrogens is 521 g/mol. The molecule has 1 heterocycles. The van der Waals surface area contributed by atoms with Crippen LogP contribution in [-0.4, -0.2) is 27.4 Å². The van der Waals surface area contributed by atoms with E-state index >= 15 is 0 Å². The number of aromatic nitrogens is 1. The Morgan fingerprint density at radius 1 is 0.914 bits per heavy atom. The second-order valence-electron chi connectivity index (χ2n) is 7.52. The number of aryl methyl sites for hydroxylation is 2. The summed E-state index contributed by atoms with van der Waals surface area (Å²) in [6, 6.07) is 18.2. The van der Waals surface area contributed by atoms with Crippen LogP contribution in [0.2, 0.25) is 0 Å². The number of hydrogen-bond acceptors (Lipinski definition) is 7. The number of nitrogens with zero attached hydrogens (tertiary/aromatic N) is 1. The van der Waals surface area contributed by atoms with Gasteiger partial charge < -0.3 is 9.29 Å². The molecule has 0 aliphatic heterocycles. The van der Waals surface area contributed by atoms with Gasteiger partial charge in [-0.2, -0.15) is 4.57 Å². The van der Waals surface area contributed by atoms with Crippen LogP contribution in [-0.2, 0) is 26.6 Å². The van der Waals surface area contributed by atoms with Crippen molar-refractivity contribution < 1.29 is 39.4 Å². The van der Waals surface area contributed by atoms with Crippen LogP contribution in [0.15, 0.2) is 65.6 Å². The summed E-state index contributed by atoms with van der Waals surface area (Å²) >= 11 is 0. The minimum absolute atomic E-state index is 0.0771. The van der Waals surface area contributed by atoms with E-state index in [1.54, 1.807) is 19.9 Å². The van der Waals surface area contributed by atoms with Crippen LogP contribution in [0.3, 0.4) is 0 Å². The highest BCUT2D eigenvalue weighted by Gasteiger charge is 2.26. The number of hydrogen-bond donors (Lipinski definition) is 0. The normalized spacial score (nSPS) is 11.7. The number of benzene rings is 3. The van der Waals surface area contributed by atoms with Gasteiger partial charge in [0.1, 0.15) is 12.8 Å². The van der Waals surface area contributed by atoms with E-state index in [9.17, 15) is 17.1 Å². The van der Waals surface area contributed by atoms with Crippen molar-refractivity contribution >= 4 is 58.0 Å². The van der Waals surface area contributed by atoms with Gasteiger partial charge in [-0.05, 0) is 37.6 Å². The van der Waals surface area contributed by atoms with Crippen molar-refractivity contribution in [3.63, 3.8) is 0 Å². The van der Waals surface area contributed by atoms with Gasteiger partial charge >= 0.3 is 5.97 Å². The molecule has 0 radical (unpaired) electrons. The number of pyridine rings is 1. The van der Waals surface area contributed by atoms with Gasteiger partial charge in [-0.3, -0.25) is 0 Å². The molecule has 0 aliphatic rings. The van der Waals surface area contributed by atoms with Gasteiger partial charge in [0.05, 0.1) is 21.2 Å². The maximum atomic E-state index is 13.4. The van der Waals surface area contributed by atoms with Crippen LogP contribution in [0.1, 0.15) is 21.5 Å². The summed E-state index contributed by atoms with van der Waals surface area (Å²) in [4.78, 5) is 13.3. The molecule has 0 unspecified atom stereocenters. The van der Waals surface area contributed by atoms with Gasteiger partial charge in [-0.25, -0.2) is 21.6 Å². The lowest BCUT2D eigenvalue weighted by atomic mass is 10.0. The van der Waals surface area contributed by atoms with E-state index in [0.717, 1.165) is 21.8 Å². The molecule has 0 atom stereocenters. The van der Waals surface area contributed by atoms with Gasteiger partial charge in [0.2, 0.25) is 11.0 Å². The van der Waals surface area contributed by atoms with E-state index in [1.165, 1.54) is 6.07 Å². The Kier molecular flexibility index (Phi) is 7.46. The van der Waals surface area contributed by atoms with Crippen LogP contribution in [0.25, 0.3) is 21.8 Å². The Morgan fingerprint density at radius 2 is 1.37 bits per heavy atom. The summed E-state index contributed by atoms with van der Waals surface area (Å²) in [6.45, 7) is 3.33. The minimum Gasteiger partial charge on any atom is -0.722 e. The quantitative estimate of drug-likeness (QED) is 0.0963. The van der Waals surface area contributed by atoms with Gasteiger partial charge in [0.25, 0.3) is 19.6 Å². The summed E-state index contributed by atoms with van der Waals surface area (Å²) in [7, 11) is -1.90. The summed E-state index contributed by atoms with van der Waals surface area (Å²) in [5.74, 6) is -0.360. The molecular formula is C23H19ClFNO7S2. The molecule has 0 N–H and O–H groups in total. The first-order chi connectivity index (χ1) is 16.2. The van der Waals surface area contributed by atoms with E-state index in [-0.39, 0.29) is 10.6 Å². The van der Waals surface area contributed by atoms with Crippen molar-refractivity contribution in [2.45, 2.75) is 18.7 Å². The molecule has 1 aromatic heterocycles. The third-order valence-corrected chi connectivity index (χ3v) is 6.75. The van der Waals surface area contributed by atoms with E-state index in [1.807, 2.05) is 60.1 Å². The van der Waals surface area contributed by atoms with E-state index in [0.29, 0.717) is 16.7 Å². The number of carbonyl (C=O) groups excluding carboxylic acids is 1. The molecule has 4 aromatic rings. The molecule has 3 aromatic carbocycles. The first kappa shape index (κ1) is 26.5. The standard InChI is InChI=1S/C23H19ClNO4S.FHO3S/c1-14-12-13-20(30(24,27)28)15(2)22(14)29-23(26)21-16-8-4-6-10-18(16)25(3)19-11-7-5-9-17(19)21;1-5(2,3)4/h4-13H,1-3H3;(H,2,3,4)/q+1;/p-1. The number of carbonyl (C=O) groups is 1. The highest BCUT2D eigenvalue weighted by atomic mass is 35.7. The fourth-order valence-corrected chi connectivity index (χ4v) is 5.01. The van der Waals surface area contributed by atoms with Crippen LogP contribution in [0.5, 0.6) is 5.75 Å². The summed E-state index contributed by atoms with van der Waals surface area (Å²) in [6.07, 6.45) is 0. The van der Waals surface area contributed by atoms with E-state index in [4.69, 9.17) is 28.4 Å². The Bertz CT molecular complexity index is 1620. The average Bonchev–Trinajstić information content (AvgIpc) is 2.75. The Morgan fingerprint density at radius 3 is 1.83 bits per heavy atom. The Labute approximate surface area is 206 Å². The molecule has 184 valence electrons. The number of para-hydroxylation sites is 2. The largest absolute Gasteiger partial charge is 0.722 e. The molecule has 8 nitrogen and oxygen atoms in total. The van der Waals surface area contributed by atoms with Crippen molar-refractivity contribution in [3.8, 4) is 5.75 Å². The number of esters is 1. The highest BCUT2D eigenvalue weighted by molar-refractivity contribution is 8.13. The summed E-state index contributed by atoms with van der Waals surface area (Å²) < 4.78 is 66.9. The average molecular weight is 540 g/mol. The van der Waals surface area contributed by atoms with Crippen molar-refractivity contribution in [3.05, 3.63) is 77.4 Å². The Balaban J connectivity index is 0.000000623. The fourth-order valence-electron chi connectivity index (χ4n) is 3.82. The fraction of sp³-hybridized carbons (Fsp3) is 0.130. The molecule has 35 heavy (non-hydrogen) atoms. The van der Waals surface area contributed by atoms with E-state index in [2.05, 4.69) is 0 Å². The van der Waals surface area contributed by atoms with Gasteiger partial charge in [-0.15, -0.1) is 3.89 Å². The maximum Gasteiger partial charge on any atom is 0.345 e. The third kappa shape index (κ3) is 5.93. The number of fused-ring (bicyclic) bond motifs is 2. The van der Waals surface area contributed by atoms with Crippen LogP contribution < -0.4 is 9.30 Å². The second kappa shape index (κ2) is 9.86. The smallest absolute Gasteiger partial charge is 0.345 e. The number of ether oxygens (including phenoxy) is 1. The molecule has 0 aliphatic carbocycles. The lowest BCUT2D eigenvalue weighted by Crippen LogP contribution is -2.31. The summed E-state index contributed by atoms with van der Waals surface area (Å²) in [5, 5.41) is 1.50. The van der Waals surface area contributed by atoms with Gasteiger partial charge in [0.15, 0.2) is 0 Å². The third-order valence-electron chi connectivity index (χ3n) is 5.28. The van der Waals surface area contributed by atoms with Crippen molar-refractivity contribution in [1.29, 1.82) is 0 Å². The van der Waals surface area contributed by atoms with Gasteiger partial charge in [-0.1, -0.05) is 30.3 Å². The maximum absolute atomic E-state index is 13.4. The highest BCUT2D eigenvalue weighted by Crippen LogP contribution is 2.33. The SMILES string of the molecule is Cc1ccc(S(=O)(=O)Cl)c(C)c1OC(=O)c1c2ccccc2[n+](C)c2ccccc12.O=S(=O)([O-])F. The molecule has 0 amide bonds. The van der Waals surface area contributed by atoms with Crippen molar-refractivity contribution in [2.24, 2.45) is 7.05 Å². The number of halogens is 2. The van der Waals surface area contributed by atoms with Crippen molar-refractivity contribution in [1.82, 2.24) is 0 Å². The zero-order chi connectivity index (χ0) is 26.1. The topological polar surface area (TPSA) is 122 Å². The second-order valence-corrected chi connectivity index (χ2v) is 10.8. The molecule has 0 fully saturated rings. The lowest BCUT2D eigenvalue weighted by molar-refractivity contribution is -0.617. The van der Waals surface area contributed by atoms with Crippen LogP contribution >= 0.6 is 10.7 Å². The predicted octanol–water partition coefficient (Wildman–Crippen LogP) is 4.00. The molecule has 0 spiro atoms.